The standard InChI is InChI=1S/C25H20F6N6.C2H6/c1-14(2)11-32-13-21-36-19-10-15(22-18(24(26,27)28)4-3-9-33-22)5-7-17(19)23(37-21)35-16-6-8-20(34-12-16)25(29,30)31;1-2/h3-10,12,32H,1,11,13H2,2H3,(H,35,36,37);1-2H3. The zero-order valence-electron chi connectivity index (χ0n) is 21.4. The number of halogens is 6. The van der Waals surface area contributed by atoms with E-state index in [9.17, 15) is 26.3 Å². The molecule has 0 aliphatic heterocycles. The average molecular weight is 549 g/mol. The summed E-state index contributed by atoms with van der Waals surface area (Å²) in [6.07, 6.45) is -6.90. The summed E-state index contributed by atoms with van der Waals surface area (Å²) in [4.78, 5) is 16.3. The van der Waals surface area contributed by atoms with Crippen molar-refractivity contribution in [1.29, 1.82) is 0 Å². The topological polar surface area (TPSA) is 75.6 Å². The van der Waals surface area contributed by atoms with Gasteiger partial charge in [0.15, 0.2) is 0 Å². The summed E-state index contributed by atoms with van der Waals surface area (Å²) < 4.78 is 79.3. The largest absolute Gasteiger partial charge is 0.433 e. The third-order valence-electron chi connectivity index (χ3n) is 5.16. The van der Waals surface area contributed by atoms with Crippen molar-refractivity contribution in [1.82, 2.24) is 25.3 Å². The summed E-state index contributed by atoms with van der Waals surface area (Å²) >= 11 is 0. The summed E-state index contributed by atoms with van der Waals surface area (Å²) in [5.41, 5.74) is -0.562. The first kappa shape index (κ1) is 29.5. The van der Waals surface area contributed by atoms with Crippen LogP contribution in [0.1, 0.15) is 37.9 Å². The van der Waals surface area contributed by atoms with Gasteiger partial charge in [-0.25, -0.2) is 15.0 Å². The van der Waals surface area contributed by atoms with E-state index in [1.165, 1.54) is 36.5 Å². The monoisotopic (exact) mass is 548 g/mol. The van der Waals surface area contributed by atoms with Gasteiger partial charge in [0.25, 0.3) is 0 Å². The van der Waals surface area contributed by atoms with Crippen LogP contribution in [0.2, 0.25) is 0 Å². The third-order valence-corrected chi connectivity index (χ3v) is 5.16. The van der Waals surface area contributed by atoms with Gasteiger partial charge in [-0.1, -0.05) is 32.1 Å². The quantitative estimate of drug-likeness (QED) is 0.183. The normalized spacial score (nSPS) is 11.6. The van der Waals surface area contributed by atoms with E-state index in [-0.39, 0.29) is 29.3 Å². The van der Waals surface area contributed by atoms with E-state index in [1.807, 2.05) is 20.8 Å². The van der Waals surface area contributed by atoms with Crippen molar-refractivity contribution >= 4 is 22.4 Å². The van der Waals surface area contributed by atoms with Gasteiger partial charge in [0.1, 0.15) is 17.3 Å². The summed E-state index contributed by atoms with van der Waals surface area (Å²) in [6.45, 7) is 10.3. The average Bonchev–Trinajstić information content (AvgIpc) is 2.88. The number of nitrogens with one attached hydrogen (secondary N) is 2. The highest BCUT2D eigenvalue weighted by molar-refractivity contribution is 5.93. The number of nitrogens with zero attached hydrogens (tertiary/aromatic N) is 4. The van der Waals surface area contributed by atoms with Crippen LogP contribution in [-0.2, 0) is 18.9 Å². The molecule has 12 heteroatoms. The molecule has 0 amide bonds. The maximum Gasteiger partial charge on any atom is 0.433 e. The molecule has 6 nitrogen and oxygen atoms in total. The second-order valence-electron chi connectivity index (χ2n) is 8.23. The summed E-state index contributed by atoms with van der Waals surface area (Å²) in [7, 11) is 0. The highest BCUT2D eigenvalue weighted by Crippen LogP contribution is 2.37. The fraction of sp³-hybridized carbons (Fsp3) is 0.259. The number of benzene rings is 1. The lowest BCUT2D eigenvalue weighted by atomic mass is 10.0. The molecule has 39 heavy (non-hydrogen) atoms. The molecule has 0 atom stereocenters. The van der Waals surface area contributed by atoms with Gasteiger partial charge in [-0.3, -0.25) is 4.98 Å². The third kappa shape index (κ3) is 7.50. The Bertz CT molecular complexity index is 1430. The van der Waals surface area contributed by atoms with Gasteiger partial charge in [-0.2, -0.15) is 26.3 Å². The maximum absolute atomic E-state index is 13.6. The number of rotatable bonds is 7. The molecular weight excluding hydrogens is 522 g/mol. The molecule has 4 aromatic rings. The van der Waals surface area contributed by atoms with Gasteiger partial charge in [0.05, 0.1) is 35.2 Å². The fourth-order valence-corrected chi connectivity index (χ4v) is 3.52. The van der Waals surface area contributed by atoms with E-state index in [0.717, 1.165) is 23.9 Å². The Labute approximate surface area is 221 Å². The van der Waals surface area contributed by atoms with Gasteiger partial charge in [0, 0.05) is 23.7 Å². The molecule has 2 N–H and O–H groups in total. The van der Waals surface area contributed by atoms with Crippen molar-refractivity contribution in [2.24, 2.45) is 0 Å². The molecule has 0 saturated carbocycles. The first-order chi connectivity index (χ1) is 18.4. The Morgan fingerprint density at radius 2 is 1.67 bits per heavy atom. The minimum absolute atomic E-state index is 0.196. The summed E-state index contributed by atoms with van der Waals surface area (Å²) in [6, 6.07) is 8.65. The predicted molar refractivity (Wildman–Crippen MR) is 138 cm³/mol. The Morgan fingerprint density at radius 1 is 0.923 bits per heavy atom. The lowest BCUT2D eigenvalue weighted by Crippen LogP contribution is -2.17. The molecule has 0 radical (unpaired) electrons. The molecule has 0 spiro atoms. The van der Waals surface area contributed by atoms with Crippen molar-refractivity contribution in [3.8, 4) is 11.3 Å². The van der Waals surface area contributed by atoms with Crippen LogP contribution in [0.5, 0.6) is 0 Å². The second kappa shape index (κ2) is 12.2. The SMILES string of the molecule is C=C(C)CNCc1nc(Nc2ccc(C(F)(F)F)nc2)c2ccc(-c3ncccc3C(F)(F)F)cc2n1.CC. The van der Waals surface area contributed by atoms with E-state index in [4.69, 9.17) is 0 Å². The first-order valence-corrected chi connectivity index (χ1v) is 11.9. The number of fused-ring (bicyclic) bond motifs is 1. The minimum atomic E-state index is -4.61. The molecule has 0 saturated heterocycles. The van der Waals surface area contributed by atoms with Crippen LogP contribution in [0.3, 0.4) is 0 Å². The molecule has 1 aromatic carbocycles. The molecule has 4 rings (SSSR count). The Balaban J connectivity index is 0.00000205. The molecule has 0 unspecified atom stereocenters. The van der Waals surface area contributed by atoms with Crippen molar-refractivity contribution < 1.29 is 26.3 Å². The summed E-state index contributed by atoms with van der Waals surface area (Å²) in [5, 5.41) is 6.49. The van der Waals surface area contributed by atoms with E-state index < -0.39 is 23.6 Å². The van der Waals surface area contributed by atoms with Gasteiger partial charge in [-0.05, 0) is 43.3 Å². The minimum Gasteiger partial charge on any atom is -0.338 e. The van der Waals surface area contributed by atoms with Crippen molar-refractivity contribution in [2.75, 3.05) is 11.9 Å². The van der Waals surface area contributed by atoms with Crippen LogP contribution >= 0.6 is 0 Å². The zero-order valence-corrected chi connectivity index (χ0v) is 21.4. The number of alkyl halides is 6. The van der Waals surface area contributed by atoms with Crippen LogP contribution in [0.15, 0.2) is 67.0 Å². The molecule has 206 valence electrons. The van der Waals surface area contributed by atoms with Crippen LogP contribution < -0.4 is 10.6 Å². The van der Waals surface area contributed by atoms with Gasteiger partial charge >= 0.3 is 12.4 Å². The van der Waals surface area contributed by atoms with E-state index >= 15 is 0 Å². The molecular formula is C27H26F6N6. The van der Waals surface area contributed by atoms with Gasteiger partial charge < -0.3 is 10.6 Å². The number of aromatic nitrogens is 4. The highest BCUT2D eigenvalue weighted by Gasteiger charge is 2.34. The highest BCUT2D eigenvalue weighted by atomic mass is 19.4. The van der Waals surface area contributed by atoms with Crippen LogP contribution in [0.4, 0.5) is 37.8 Å². The zero-order chi connectivity index (χ0) is 28.8. The number of hydrogen-bond donors (Lipinski definition) is 2. The fourth-order valence-electron chi connectivity index (χ4n) is 3.52. The van der Waals surface area contributed by atoms with Crippen LogP contribution in [0, 0.1) is 0 Å². The Hall–Kier alpha value is -4.06. The first-order valence-electron chi connectivity index (χ1n) is 11.9. The molecule has 3 aromatic heterocycles. The number of hydrogen-bond acceptors (Lipinski definition) is 6. The van der Waals surface area contributed by atoms with Crippen molar-refractivity contribution in [3.05, 3.63) is 84.1 Å². The van der Waals surface area contributed by atoms with Gasteiger partial charge in [0.2, 0.25) is 0 Å². The number of anilines is 2. The molecule has 3 heterocycles. The van der Waals surface area contributed by atoms with Crippen LogP contribution in [-0.4, -0.2) is 26.5 Å². The molecule has 0 aliphatic carbocycles. The number of pyridine rings is 2. The molecule has 0 bridgehead atoms. The van der Waals surface area contributed by atoms with Crippen molar-refractivity contribution in [2.45, 2.75) is 39.7 Å². The lowest BCUT2D eigenvalue weighted by molar-refractivity contribution is -0.141. The van der Waals surface area contributed by atoms with Gasteiger partial charge in [-0.15, -0.1) is 0 Å². The summed E-state index contributed by atoms with van der Waals surface area (Å²) in [5.74, 6) is 0.563. The van der Waals surface area contributed by atoms with Crippen molar-refractivity contribution in [3.63, 3.8) is 0 Å². The van der Waals surface area contributed by atoms with E-state index in [0.29, 0.717) is 23.3 Å². The second-order valence-corrected chi connectivity index (χ2v) is 8.23. The maximum atomic E-state index is 13.6. The molecule has 0 fully saturated rings. The van der Waals surface area contributed by atoms with E-state index in [2.05, 4.69) is 37.1 Å². The smallest absolute Gasteiger partial charge is 0.338 e. The molecule has 0 aliphatic rings. The van der Waals surface area contributed by atoms with Crippen LogP contribution in [0.25, 0.3) is 22.2 Å². The van der Waals surface area contributed by atoms with E-state index in [1.54, 1.807) is 0 Å². The Kier molecular flexibility index (Phi) is 9.23. The lowest BCUT2D eigenvalue weighted by Gasteiger charge is -2.14. The Morgan fingerprint density at radius 3 is 2.28 bits per heavy atom. The predicted octanol–water partition coefficient (Wildman–Crippen LogP) is 7.56.